The van der Waals surface area contributed by atoms with Crippen LogP contribution in [0, 0.1) is 12.3 Å². The van der Waals surface area contributed by atoms with Gasteiger partial charge in [0.1, 0.15) is 0 Å². The summed E-state index contributed by atoms with van der Waals surface area (Å²) in [6.45, 7) is 4.59. The molecule has 0 aliphatic heterocycles. The molecule has 0 saturated carbocycles. The van der Waals surface area contributed by atoms with Gasteiger partial charge in [-0.1, -0.05) is 31.8 Å². The van der Waals surface area contributed by atoms with Gasteiger partial charge in [0.05, 0.1) is 0 Å². The van der Waals surface area contributed by atoms with Crippen LogP contribution in [0.5, 0.6) is 0 Å². The zero-order chi connectivity index (χ0) is 18.7. The Balaban J connectivity index is 0. The van der Waals surface area contributed by atoms with Crippen molar-refractivity contribution in [2.45, 2.75) is 65.7 Å². The Morgan fingerprint density at radius 1 is 0.960 bits per heavy atom. The van der Waals surface area contributed by atoms with Gasteiger partial charge in [0.2, 0.25) is 0 Å². The summed E-state index contributed by atoms with van der Waals surface area (Å²) in [5.74, 6) is -0.888. The second-order valence-corrected chi connectivity index (χ2v) is 6.00. The number of hydrogen-bond donors (Lipinski definition) is 2. The molecule has 0 fully saturated rings. The van der Waals surface area contributed by atoms with Crippen LogP contribution in [0.1, 0.15) is 65.7 Å². The molecule has 6 heteroatoms. The molecule has 0 bridgehead atoms. The zero-order valence-electron chi connectivity index (χ0n) is 15.7. The number of hydrogen-bond acceptors (Lipinski definition) is 3. The van der Waals surface area contributed by atoms with Gasteiger partial charge < -0.3 is 15.3 Å². The van der Waals surface area contributed by atoms with Gasteiger partial charge in [0.15, 0.2) is 0 Å². The number of rotatable bonds is 0. The molecule has 5 nitrogen and oxygen atoms in total. The minimum absolute atomic E-state index is 0. The molecule has 0 amide bonds. The van der Waals surface area contributed by atoms with Crippen LogP contribution in [0.4, 0.5) is 0 Å². The first-order valence-electron chi connectivity index (χ1n) is 8.43. The summed E-state index contributed by atoms with van der Waals surface area (Å²) in [5, 5.41) is 23.1. The second-order valence-electron chi connectivity index (χ2n) is 6.00. The van der Waals surface area contributed by atoms with E-state index in [1.165, 1.54) is 44.9 Å². The second kappa shape index (κ2) is 14.2. The van der Waals surface area contributed by atoms with E-state index in [4.69, 9.17) is 24.9 Å². The molecule has 0 radical (unpaired) electrons. The van der Waals surface area contributed by atoms with E-state index in [0.717, 1.165) is 26.9 Å². The molecule has 2 N–H and O–H groups in total. The molecule has 0 spiro atoms. The topological polar surface area (TPSA) is 97.7 Å². The average Bonchev–Trinajstić information content (AvgIpc) is 2.83. The first-order chi connectivity index (χ1) is 11.3. The van der Waals surface area contributed by atoms with Crippen molar-refractivity contribution in [2.75, 3.05) is 7.11 Å². The van der Waals surface area contributed by atoms with E-state index in [0.29, 0.717) is 0 Å². The summed E-state index contributed by atoms with van der Waals surface area (Å²) < 4.78 is 0. The summed E-state index contributed by atoms with van der Waals surface area (Å²) in [6.07, 6.45) is 12.2. The molecule has 3 rings (SSSR count). The maximum Gasteiger partial charge on any atom is 2.00 e. The summed E-state index contributed by atoms with van der Waals surface area (Å²) >= 11 is 0. The molecule has 0 aromatic rings. The van der Waals surface area contributed by atoms with E-state index in [1.807, 2.05) is 0 Å². The van der Waals surface area contributed by atoms with Crippen molar-refractivity contribution in [3.8, 4) is 0 Å². The molecule has 0 heterocycles. The first kappa shape index (κ1) is 26.2. The van der Waals surface area contributed by atoms with Crippen molar-refractivity contribution >= 4 is 11.9 Å². The maximum absolute atomic E-state index is 9.00. The molecular weight excluding hydrogens is 356 g/mol. The van der Waals surface area contributed by atoms with Gasteiger partial charge in [-0.2, -0.15) is 12.7 Å². The Labute approximate surface area is 166 Å². The van der Waals surface area contributed by atoms with E-state index in [1.54, 1.807) is 22.3 Å². The van der Waals surface area contributed by atoms with Crippen molar-refractivity contribution in [1.82, 2.24) is 0 Å². The van der Waals surface area contributed by atoms with Gasteiger partial charge in [-0.15, -0.1) is 12.0 Å². The minimum Gasteiger partial charge on any atom is -0.857 e. The fraction of sp³-hybridized carbons (Fsp3) is 0.632. The Hall–Kier alpha value is -1.04. The third kappa shape index (κ3) is 9.29. The van der Waals surface area contributed by atoms with Gasteiger partial charge in [0, 0.05) is 13.8 Å². The third-order valence-corrected chi connectivity index (χ3v) is 4.21. The number of carboxylic acid groups (broad SMARTS) is 2. The number of fused-ring (bicyclic) bond motifs is 1. The van der Waals surface area contributed by atoms with Crippen LogP contribution in [0.2, 0.25) is 0 Å². The summed E-state index contributed by atoms with van der Waals surface area (Å²) in [5.41, 5.74) is 7.07. The number of carboxylic acids is 2. The quantitative estimate of drug-likeness (QED) is 0.492. The fourth-order valence-corrected chi connectivity index (χ4v) is 3.51. The van der Waals surface area contributed by atoms with Gasteiger partial charge in [-0.25, -0.2) is 12.0 Å². The predicted molar refractivity (Wildman–Crippen MR) is 92.4 cm³/mol. The van der Waals surface area contributed by atoms with Gasteiger partial charge in [-0.05, 0) is 25.2 Å². The maximum atomic E-state index is 9.00. The van der Waals surface area contributed by atoms with Crippen molar-refractivity contribution in [3.63, 3.8) is 0 Å². The van der Waals surface area contributed by atoms with Crippen molar-refractivity contribution in [3.05, 3.63) is 28.7 Å². The molecule has 3 aliphatic rings. The monoisotopic (exact) mass is 386 g/mol. The van der Waals surface area contributed by atoms with Crippen molar-refractivity contribution in [1.29, 1.82) is 0 Å². The molecule has 0 aromatic carbocycles. The molecular formula is C19H30O5Ti. The molecule has 140 valence electrons. The van der Waals surface area contributed by atoms with Crippen LogP contribution in [0.3, 0.4) is 0 Å². The van der Waals surface area contributed by atoms with Crippen LogP contribution >= 0.6 is 0 Å². The summed E-state index contributed by atoms with van der Waals surface area (Å²) in [7, 11) is 0.750. The molecule has 0 aromatic heterocycles. The van der Waals surface area contributed by atoms with Crippen LogP contribution in [0.15, 0.2) is 22.3 Å². The van der Waals surface area contributed by atoms with E-state index in [2.05, 4.69) is 13.3 Å². The van der Waals surface area contributed by atoms with Crippen LogP contribution in [-0.4, -0.2) is 29.3 Å². The average molecular weight is 386 g/mol. The predicted octanol–water partition coefficient (Wildman–Crippen LogP) is 3.35. The van der Waals surface area contributed by atoms with Crippen molar-refractivity contribution in [2.24, 2.45) is 5.92 Å². The summed E-state index contributed by atoms with van der Waals surface area (Å²) in [6, 6.07) is 0. The van der Waals surface area contributed by atoms with Gasteiger partial charge >= 0.3 is 21.7 Å². The Morgan fingerprint density at radius 3 is 1.92 bits per heavy atom. The Bertz CT molecular complexity index is 442. The molecule has 1 atom stereocenters. The molecule has 25 heavy (non-hydrogen) atoms. The van der Waals surface area contributed by atoms with Crippen LogP contribution < -0.4 is 5.11 Å². The smallest absolute Gasteiger partial charge is 0.857 e. The fourth-order valence-electron chi connectivity index (χ4n) is 3.51. The first-order valence-corrected chi connectivity index (χ1v) is 8.43. The van der Waals surface area contributed by atoms with E-state index >= 15 is 0 Å². The standard InChI is InChI=1S/C14H19.2C2H4O2.CH3O.Ti/c1-10-11-6-2-4-8-13(11)14-9-5-3-7-12(10)14;2*1-2(3)4;1-2;/h6,10H,2-5,7-9H2,1H3;2*1H3,(H,3,4);1H3;/q-1;;;-1;+2. The zero-order valence-corrected chi connectivity index (χ0v) is 17.3. The van der Waals surface area contributed by atoms with Crippen LogP contribution in [0.25, 0.3) is 0 Å². The van der Waals surface area contributed by atoms with Crippen molar-refractivity contribution < 1.29 is 46.6 Å². The molecule has 0 saturated heterocycles. The van der Waals surface area contributed by atoms with Gasteiger partial charge in [0.25, 0.3) is 11.9 Å². The summed E-state index contributed by atoms with van der Waals surface area (Å²) in [4.78, 5) is 18.0. The number of allylic oxidation sites excluding steroid dienone is 4. The molecule has 3 aliphatic carbocycles. The Kier molecular flexibility index (Phi) is 14.8. The number of aliphatic carboxylic acids is 2. The minimum atomic E-state index is -0.833. The van der Waals surface area contributed by atoms with E-state index in [9.17, 15) is 0 Å². The third-order valence-electron chi connectivity index (χ3n) is 4.21. The SMILES string of the molecule is CC(=O)O.CC(=O)O.CC1C2=C(CCC[CH-]2)C2=C1CCCC2.C[O-].[Ti+2]. The van der Waals surface area contributed by atoms with E-state index < -0.39 is 11.9 Å². The van der Waals surface area contributed by atoms with Crippen LogP contribution in [-0.2, 0) is 31.3 Å². The molecule has 1 unspecified atom stereocenters. The Morgan fingerprint density at radius 2 is 1.40 bits per heavy atom. The van der Waals surface area contributed by atoms with Gasteiger partial charge in [-0.3, -0.25) is 9.59 Å². The van der Waals surface area contributed by atoms with E-state index in [-0.39, 0.29) is 21.7 Å². The number of carbonyl (C=O) groups is 2. The largest absolute Gasteiger partial charge is 2.00 e. The normalized spacial score (nSPS) is 19.8.